The Morgan fingerprint density at radius 1 is 0.269 bits per heavy atom. The molecule has 0 atom stereocenters. The zero-order valence-electron chi connectivity index (χ0n) is 30.1. The van der Waals surface area contributed by atoms with Crippen LogP contribution in [0.3, 0.4) is 0 Å². The number of hydrogen-bond acceptors (Lipinski definition) is 0. The predicted molar refractivity (Wildman–Crippen MR) is 224 cm³/mol. The van der Waals surface area contributed by atoms with Crippen molar-refractivity contribution in [1.82, 2.24) is 4.57 Å². The normalized spacial score (nSPS) is 10.6. The van der Waals surface area contributed by atoms with Gasteiger partial charge < -0.3 is 4.57 Å². The number of fused-ring (bicyclic) bond motifs is 3. The van der Waals surface area contributed by atoms with Gasteiger partial charge in [0, 0.05) is 16.5 Å². The van der Waals surface area contributed by atoms with Gasteiger partial charge in [0.15, 0.2) is 0 Å². The van der Waals surface area contributed by atoms with Gasteiger partial charge in [-0.05, 0) is 84.5 Å². The molecular weight excluding hydrogens is 627 g/mol. The Morgan fingerprint density at radius 2 is 0.615 bits per heavy atom. The predicted octanol–water partition coefficient (Wildman–Crippen LogP) is 14.1. The van der Waals surface area contributed by atoms with E-state index in [2.05, 4.69) is 219 Å². The number of rotatable bonds is 4. The minimum absolute atomic E-state index is 1.20. The van der Waals surface area contributed by atoms with Crippen molar-refractivity contribution in [3.63, 3.8) is 0 Å². The van der Waals surface area contributed by atoms with Crippen LogP contribution in [0.5, 0.6) is 0 Å². The summed E-state index contributed by atoms with van der Waals surface area (Å²) in [6.07, 6.45) is 0. The Bertz CT molecular complexity index is 2390. The molecule has 0 radical (unpaired) electrons. The van der Waals surface area contributed by atoms with E-state index in [4.69, 9.17) is 0 Å². The molecule has 0 N–H and O–H groups in total. The standard InChI is InChI=1S/C25H19N.2C13H12/c1-18-11-13-19(14-12-18)20-15-16-25-23(17-20)22-9-5-6-10-24(22)26(25)21-7-3-2-4-8-21;2*1-11-7-9-13(10-8-11)12-5-3-2-4-6-12/h2-17H,1H3;2*2-10H,1H3. The van der Waals surface area contributed by atoms with Crippen LogP contribution in [-0.2, 0) is 0 Å². The minimum Gasteiger partial charge on any atom is -0.309 e. The highest BCUT2D eigenvalue weighted by Gasteiger charge is 2.12. The number of para-hydroxylation sites is 2. The van der Waals surface area contributed by atoms with Crippen LogP contribution in [0.25, 0.3) is 60.9 Å². The van der Waals surface area contributed by atoms with E-state index in [1.165, 1.54) is 77.6 Å². The third-order valence-electron chi connectivity index (χ3n) is 9.39. The van der Waals surface area contributed by atoms with Crippen molar-refractivity contribution >= 4 is 21.8 Å². The van der Waals surface area contributed by atoms with Crippen molar-refractivity contribution in [2.75, 3.05) is 0 Å². The highest BCUT2D eigenvalue weighted by Crippen LogP contribution is 2.34. The smallest absolute Gasteiger partial charge is 0.0541 e. The third kappa shape index (κ3) is 7.96. The molecule has 0 saturated heterocycles. The average Bonchev–Trinajstić information content (AvgIpc) is 3.54. The molecule has 1 heterocycles. The Hall–Kier alpha value is -6.44. The van der Waals surface area contributed by atoms with Crippen LogP contribution in [0.1, 0.15) is 16.7 Å². The van der Waals surface area contributed by atoms with Gasteiger partial charge in [-0.15, -0.1) is 0 Å². The van der Waals surface area contributed by atoms with E-state index >= 15 is 0 Å². The van der Waals surface area contributed by atoms with Gasteiger partial charge in [-0.25, -0.2) is 0 Å². The van der Waals surface area contributed by atoms with Crippen LogP contribution in [0.2, 0.25) is 0 Å². The first-order chi connectivity index (χ1) is 25.5. The van der Waals surface area contributed by atoms with E-state index in [1.807, 2.05) is 12.1 Å². The van der Waals surface area contributed by atoms with E-state index in [0.29, 0.717) is 0 Å². The number of nitrogens with zero attached hydrogens (tertiary/aromatic N) is 1. The number of benzene rings is 8. The van der Waals surface area contributed by atoms with E-state index in [-0.39, 0.29) is 0 Å². The molecular formula is C51H43N. The molecule has 0 amide bonds. The van der Waals surface area contributed by atoms with E-state index < -0.39 is 0 Å². The Labute approximate surface area is 308 Å². The second-order valence-corrected chi connectivity index (χ2v) is 13.3. The quantitative estimate of drug-likeness (QED) is 0.176. The fourth-order valence-corrected chi connectivity index (χ4v) is 6.51. The topological polar surface area (TPSA) is 4.93 Å². The zero-order valence-corrected chi connectivity index (χ0v) is 30.1. The first-order valence-corrected chi connectivity index (χ1v) is 17.9. The van der Waals surface area contributed by atoms with Gasteiger partial charge in [0.25, 0.3) is 0 Å². The molecule has 8 aromatic carbocycles. The maximum atomic E-state index is 2.35. The monoisotopic (exact) mass is 669 g/mol. The molecule has 0 aliphatic rings. The van der Waals surface area contributed by atoms with E-state index in [0.717, 1.165) is 0 Å². The maximum Gasteiger partial charge on any atom is 0.0541 e. The Kier molecular flexibility index (Phi) is 10.5. The molecule has 0 saturated carbocycles. The van der Waals surface area contributed by atoms with Gasteiger partial charge in [-0.2, -0.15) is 0 Å². The molecule has 52 heavy (non-hydrogen) atoms. The average molecular weight is 670 g/mol. The third-order valence-corrected chi connectivity index (χ3v) is 9.39. The second kappa shape index (κ2) is 16.1. The van der Waals surface area contributed by atoms with Crippen LogP contribution < -0.4 is 0 Å². The minimum atomic E-state index is 1.20. The lowest BCUT2D eigenvalue weighted by Crippen LogP contribution is -1.92. The Balaban J connectivity index is 0.000000136. The van der Waals surface area contributed by atoms with Crippen molar-refractivity contribution in [1.29, 1.82) is 0 Å². The van der Waals surface area contributed by atoms with Crippen molar-refractivity contribution < 1.29 is 0 Å². The number of hydrogen-bond donors (Lipinski definition) is 0. The number of aryl methyl sites for hydroxylation is 3. The highest BCUT2D eigenvalue weighted by molar-refractivity contribution is 6.10. The Morgan fingerprint density at radius 3 is 1.10 bits per heavy atom. The van der Waals surface area contributed by atoms with Gasteiger partial charge in [0.05, 0.1) is 11.0 Å². The van der Waals surface area contributed by atoms with Crippen molar-refractivity contribution in [2.45, 2.75) is 20.8 Å². The van der Waals surface area contributed by atoms with Crippen LogP contribution >= 0.6 is 0 Å². The summed E-state index contributed by atoms with van der Waals surface area (Å²) in [6.45, 7) is 6.34. The largest absolute Gasteiger partial charge is 0.309 e. The van der Waals surface area contributed by atoms with E-state index in [9.17, 15) is 0 Å². The molecule has 9 rings (SSSR count). The molecule has 0 spiro atoms. The molecule has 1 aromatic heterocycles. The molecule has 0 bridgehead atoms. The molecule has 0 unspecified atom stereocenters. The summed E-state index contributed by atoms with van der Waals surface area (Å²) < 4.78 is 2.35. The summed E-state index contributed by atoms with van der Waals surface area (Å²) in [5, 5.41) is 2.59. The first-order valence-electron chi connectivity index (χ1n) is 17.9. The van der Waals surface area contributed by atoms with Gasteiger partial charge in [-0.1, -0.05) is 193 Å². The molecule has 9 aromatic rings. The summed E-state index contributed by atoms with van der Waals surface area (Å²) in [5.41, 5.74) is 15.2. The highest BCUT2D eigenvalue weighted by atomic mass is 15.0. The summed E-state index contributed by atoms with van der Waals surface area (Å²) in [7, 11) is 0. The van der Waals surface area contributed by atoms with Crippen LogP contribution in [0, 0.1) is 20.8 Å². The SMILES string of the molecule is Cc1ccc(-c2ccc3c(c2)c2ccccc2n3-c2ccccc2)cc1.Cc1ccc(-c2ccccc2)cc1.Cc1ccc(-c2ccccc2)cc1. The molecule has 252 valence electrons. The fraction of sp³-hybridized carbons (Fsp3) is 0.0588. The van der Waals surface area contributed by atoms with Gasteiger partial charge >= 0.3 is 0 Å². The summed E-state index contributed by atoms with van der Waals surface area (Å²) in [4.78, 5) is 0. The van der Waals surface area contributed by atoms with Crippen molar-refractivity contribution in [2.24, 2.45) is 0 Å². The first kappa shape index (κ1) is 34.0. The molecule has 1 heteroatoms. The lowest BCUT2D eigenvalue weighted by molar-refractivity contribution is 1.18. The van der Waals surface area contributed by atoms with Gasteiger partial charge in [0.1, 0.15) is 0 Å². The zero-order chi connectivity index (χ0) is 35.7. The number of aromatic nitrogens is 1. The van der Waals surface area contributed by atoms with Crippen molar-refractivity contribution in [3.05, 3.63) is 223 Å². The lowest BCUT2D eigenvalue weighted by atomic mass is 10.0. The van der Waals surface area contributed by atoms with E-state index in [1.54, 1.807) is 0 Å². The summed E-state index contributed by atoms with van der Waals surface area (Å²) in [6, 6.07) is 72.8. The summed E-state index contributed by atoms with van der Waals surface area (Å²) >= 11 is 0. The van der Waals surface area contributed by atoms with Crippen LogP contribution in [0.15, 0.2) is 206 Å². The molecule has 0 aliphatic heterocycles. The van der Waals surface area contributed by atoms with Crippen LogP contribution in [-0.4, -0.2) is 4.57 Å². The fourth-order valence-electron chi connectivity index (χ4n) is 6.51. The lowest BCUT2D eigenvalue weighted by Gasteiger charge is -2.08. The van der Waals surface area contributed by atoms with Crippen LogP contribution in [0.4, 0.5) is 0 Å². The van der Waals surface area contributed by atoms with Crippen molar-refractivity contribution in [3.8, 4) is 39.1 Å². The molecule has 0 aliphatic carbocycles. The summed E-state index contributed by atoms with van der Waals surface area (Å²) in [5.74, 6) is 0. The van der Waals surface area contributed by atoms with Gasteiger partial charge in [-0.3, -0.25) is 0 Å². The molecule has 0 fully saturated rings. The maximum absolute atomic E-state index is 2.35. The second-order valence-electron chi connectivity index (χ2n) is 13.3. The molecule has 1 nitrogen and oxygen atoms in total. The van der Waals surface area contributed by atoms with Gasteiger partial charge in [0.2, 0.25) is 0 Å².